The van der Waals surface area contributed by atoms with Crippen molar-refractivity contribution in [2.24, 2.45) is 0 Å². The lowest BCUT2D eigenvalue weighted by molar-refractivity contribution is -0.385. The summed E-state index contributed by atoms with van der Waals surface area (Å²) in [6, 6.07) is 4.64. The number of benzene rings is 1. The second kappa shape index (κ2) is 5.96. The first-order chi connectivity index (χ1) is 7.60. The molecule has 1 aromatic rings. The van der Waals surface area contributed by atoms with Crippen LogP contribution in [0.4, 0.5) is 5.69 Å². The molecule has 0 amide bonds. The molecule has 0 aliphatic carbocycles. The van der Waals surface area contributed by atoms with Crippen molar-refractivity contribution < 1.29 is 9.72 Å². The number of alkyl halides is 2. The number of carbonyl (C=O) groups excluding carboxylic acids is 1. The van der Waals surface area contributed by atoms with E-state index in [2.05, 4.69) is 15.9 Å². The van der Waals surface area contributed by atoms with Crippen LogP contribution in [0.3, 0.4) is 0 Å². The van der Waals surface area contributed by atoms with Gasteiger partial charge in [-0.25, -0.2) is 0 Å². The van der Waals surface area contributed by atoms with E-state index >= 15 is 0 Å². The van der Waals surface area contributed by atoms with Crippen LogP contribution in [0.1, 0.15) is 11.1 Å². The number of nitro groups is 1. The SMILES string of the molecule is O=C(CBr)Cc1cccc([N+](=O)[O-])c1CCl. The van der Waals surface area contributed by atoms with E-state index in [1.54, 1.807) is 12.1 Å². The van der Waals surface area contributed by atoms with Gasteiger partial charge in [0.2, 0.25) is 0 Å². The third-order valence-corrected chi connectivity index (χ3v) is 3.01. The van der Waals surface area contributed by atoms with Gasteiger partial charge in [-0.3, -0.25) is 14.9 Å². The number of rotatable bonds is 5. The highest BCUT2D eigenvalue weighted by Crippen LogP contribution is 2.24. The average molecular weight is 307 g/mol. The van der Waals surface area contributed by atoms with Crippen LogP contribution in [0.15, 0.2) is 18.2 Å². The van der Waals surface area contributed by atoms with Crippen LogP contribution < -0.4 is 0 Å². The Morgan fingerprint density at radius 1 is 1.50 bits per heavy atom. The van der Waals surface area contributed by atoms with E-state index in [1.165, 1.54) is 6.07 Å². The Morgan fingerprint density at radius 3 is 2.69 bits per heavy atom. The molecule has 0 fully saturated rings. The standard InChI is InChI=1S/C10H9BrClNO3/c11-5-8(14)4-7-2-1-3-10(13(15)16)9(7)6-12/h1-3H,4-6H2. The second-order valence-corrected chi connectivity index (χ2v) is 3.98. The van der Waals surface area contributed by atoms with Crippen molar-refractivity contribution in [2.75, 3.05) is 5.33 Å². The van der Waals surface area contributed by atoms with Gasteiger partial charge in [0.15, 0.2) is 0 Å². The van der Waals surface area contributed by atoms with Crippen molar-refractivity contribution in [1.82, 2.24) is 0 Å². The molecule has 0 bridgehead atoms. The fourth-order valence-electron chi connectivity index (χ4n) is 1.37. The van der Waals surface area contributed by atoms with Gasteiger partial charge in [0.05, 0.1) is 16.1 Å². The topological polar surface area (TPSA) is 60.2 Å². The number of halogens is 2. The largest absolute Gasteiger partial charge is 0.298 e. The minimum absolute atomic E-state index is 0.0298. The van der Waals surface area contributed by atoms with E-state index in [0.717, 1.165) is 0 Å². The summed E-state index contributed by atoms with van der Waals surface area (Å²) < 4.78 is 0. The molecule has 6 heteroatoms. The average Bonchev–Trinajstić information content (AvgIpc) is 2.28. The van der Waals surface area contributed by atoms with E-state index < -0.39 is 4.92 Å². The highest BCUT2D eigenvalue weighted by atomic mass is 79.9. The maximum atomic E-state index is 11.3. The number of Topliss-reactive ketones (excluding diaryl/α,β-unsaturated/α-hetero) is 1. The van der Waals surface area contributed by atoms with Crippen molar-refractivity contribution in [3.05, 3.63) is 39.4 Å². The molecule has 0 aliphatic heterocycles. The smallest absolute Gasteiger partial charge is 0.274 e. The molecular formula is C10H9BrClNO3. The first kappa shape index (κ1) is 13.1. The fraction of sp³-hybridized carbons (Fsp3) is 0.300. The van der Waals surface area contributed by atoms with Crippen LogP contribution in [0.5, 0.6) is 0 Å². The number of carbonyl (C=O) groups is 1. The van der Waals surface area contributed by atoms with Gasteiger partial charge in [0, 0.05) is 18.1 Å². The Labute approximate surface area is 106 Å². The lowest BCUT2D eigenvalue weighted by Crippen LogP contribution is -2.07. The maximum absolute atomic E-state index is 11.3. The van der Waals surface area contributed by atoms with Gasteiger partial charge in [-0.05, 0) is 5.56 Å². The molecule has 4 nitrogen and oxygen atoms in total. The number of hydrogen-bond acceptors (Lipinski definition) is 3. The van der Waals surface area contributed by atoms with Crippen molar-refractivity contribution in [3.63, 3.8) is 0 Å². The fourth-order valence-corrected chi connectivity index (χ4v) is 1.88. The molecule has 0 spiro atoms. The molecule has 0 saturated carbocycles. The zero-order valence-electron chi connectivity index (χ0n) is 8.28. The molecular weight excluding hydrogens is 297 g/mol. The summed E-state index contributed by atoms with van der Waals surface area (Å²) >= 11 is 8.73. The van der Waals surface area contributed by atoms with Crippen LogP contribution in [-0.2, 0) is 17.1 Å². The molecule has 0 heterocycles. The first-order valence-electron chi connectivity index (χ1n) is 4.49. The first-order valence-corrected chi connectivity index (χ1v) is 6.14. The van der Waals surface area contributed by atoms with E-state index in [4.69, 9.17) is 11.6 Å². The van der Waals surface area contributed by atoms with Crippen molar-refractivity contribution in [3.8, 4) is 0 Å². The molecule has 0 unspecified atom stereocenters. The number of hydrogen-bond donors (Lipinski definition) is 0. The van der Waals surface area contributed by atoms with Crippen LogP contribution in [0.2, 0.25) is 0 Å². The second-order valence-electron chi connectivity index (χ2n) is 3.15. The van der Waals surface area contributed by atoms with Crippen molar-refractivity contribution in [2.45, 2.75) is 12.3 Å². The van der Waals surface area contributed by atoms with Gasteiger partial charge >= 0.3 is 0 Å². The molecule has 1 aromatic carbocycles. The highest BCUT2D eigenvalue weighted by molar-refractivity contribution is 9.09. The number of ketones is 1. The summed E-state index contributed by atoms with van der Waals surface area (Å²) in [5.41, 5.74) is 1.01. The molecule has 0 aromatic heterocycles. The van der Waals surface area contributed by atoms with Gasteiger partial charge in [-0.2, -0.15) is 0 Å². The van der Waals surface area contributed by atoms with Crippen LogP contribution in [-0.4, -0.2) is 16.0 Å². The summed E-state index contributed by atoms with van der Waals surface area (Å²) in [6.45, 7) is 0. The van der Waals surface area contributed by atoms with E-state index in [0.29, 0.717) is 11.1 Å². The Balaban J connectivity index is 3.13. The Kier molecular flexibility index (Phi) is 4.89. The number of nitrogens with zero attached hydrogens (tertiary/aromatic N) is 1. The zero-order valence-corrected chi connectivity index (χ0v) is 10.6. The zero-order chi connectivity index (χ0) is 12.1. The minimum atomic E-state index is -0.486. The Hall–Kier alpha value is -0.940. The van der Waals surface area contributed by atoms with Crippen LogP contribution >= 0.6 is 27.5 Å². The Morgan fingerprint density at radius 2 is 2.19 bits per heavy atom. The summed E-state index contributed by atoms with van der Waals surface area (Å²) in [5, 5.41) is 11.0. The lowest BCUT2D eigenvalue weighted by atomic mass is 10.0. The van der Waals surface area contributed by atoms with E-state index in [9.17, 15) is 14.9 Å². The molecule has 0 atom stereocenters. The normalized spacial score (nSPS) is 10.1. The summed E-state index contributed by atoms with van der Waals surface area (Å²) in [4.78, 5) is 21.5. The van der Waals surface area contributed by atoms with Gasteiger partial charge in [-0.15, -0.1) is 11.6 Å². The third-order valence-electron chi connectivity index (χ3n) is 2.12. The summed E-state index contributed by atoms with van der Waals surface area (Å²) in [6.07, 6.45) is 0.162. The highest BCUT2D eigenvalue weighted by Gasteiger charge is 2.17. The molecule has 0 N–H and O–H groups in total. The summed E-state index contributed by atoms with van der Waals surface area (Å²) in [7, 11) is 0. The van der Waals surface area contributed by atoms with Gasteiger partial charge in [-0.1, -0.05) is 28.1 Å². The summed E-state index contributed by atoms with van der Waals surface area (Å²) in [5.74, 6) is -0.00550. The van der Waals surface area contributed by atoms with Gasteiger partial charge in [0.1, 0.15) is 5.78 Å². The predicted octanol–water partition coefficient (Wildman–Crippen LogP) is 2.84. The Bertz CT molecular complexity index is 423. The molecule has 0 radical (unpaired) electrons. The maximum Gasteiger partial charge on any atom is 0.274 e. The quantitative estimate of drug-likeness (QED) is 0.477. The van der Waals surface area contributed by atoms with Gasteiger partial charge in [0.25, 0.3) is 5.69 Å². The van der Waals surface area contributed by atoms with Crippen molar-refractivity contribution >= 4 is 39.0 Å². The molecule has 86 valence electrons. The number of nitro benzene ring substituents is 1. The lowest BCUT2D eigenvalue weighted by Gasteiger charge is -2.06. The molecule has 0 saturated heterocycles. The van der Waals surface area contributed by atoms with E-state index in [-0.39, 0.29) is 29.1 Å². The monoisotopic (exact) mass is 305 g/mol. The van der Waals surface area contributed by atoms with Crippen LogP contribution in [0, 0.1) is 10.1 Å². The molecule has 16 heavy (non-hydrogen) atoms. The molecule has 0 aliphatic rings. The van der Waals surface area contributed by atoms with E-state index in [1.807, 2.05) is 0 Å². The third kappa shape index (κ3) is 3.02. The minimum Gasteiger partial charge on any atom is -0.298 e. The predicted molar refractivity (Wildman–Crippen MR) is 65.2 cm³/mol. The van der Waals surface area contributed by atoms with Crippen LogP contribution in [0.25, 0.3) is 0 Å². The van der Waals surface area contributed by atoms with Crippen molar-refractivity contribution in [1.29, 1.82) is 0 Å². The molecule has 1 rings (SSSR count). The van der Waals surface area contributed by atoms with Gasteiger partial charge < -0.3 is 0 Å².